The van der Waals surface area contributed by atoms with Gasteiger partial charge in [-0.3, -0.25) is 10.1 Å². The van der Waals surface area contributed by atoms with E-state index in [4.69, 9.17) is 4.74 Å². The molecular formula is C12H23NO3. The average molecular weight is 229 g/mol. The van der Waals surface area contributed by atoms with Crippen LogP contribution in [-0.4, -0.2) is 35.9 Å². The summed E-state index contributed by atoms with van der Waals surface area (Å²) in [6.45, 7) is 5.30. The molecule has 0 aromatic rings. The summed E-state index contributed by atoms with van der Waals surface area (Å²) in [7, 11) is 0. The van der Waals surface area contributed by atoms with Crippen LogP contribution >= 0.6 is 0 Å². The largest absolute Gasteiger partial charge is 0.480 e. The highest BCUT2D eigenvalue weighted by Gasteiger charge is 2.40. The molecule has 0 aromatic carbocycles. The first-order valence-electron chi connectivity index (χ1n) is 6.19. The van der Waals surface area contributed by atoms with Gasteiger partial charge in [-0.2, -0.15) is 0 Å². The Bertz CT molecular complexity index is 224. The lowest BCUT2D eigenvalue weighted by molar-refractivity contribution is -0.149. The molecule has 1 heterocycles. The van der Waals surface area contributed by atoms with Crippen LogP contribution in [0, 0.1) is 0 Å². The molecule has 2 N–H and O–H groups in total. The second-order valence-electron chi connectivity index (χ2n) is 4.69. The van der Waals surface area contributed by atoms with Crippen molar-refractivity contribution in [2.24, 2.45) is 0 Å². The topological polar surface area (TPSA) is 58.6 Å². The maximum Gasteiger partial charge on any atom is 0.324 e. The molecule has 0 aliphatic carbocycles. The lowest BCUT2D eigenvalue weighted by Gasteiger charge is -2.36. The molecule has 1 rings (SSSR count). The monoisotopic (exact) mass is 229 g/mol. The van der Waals surface area contributed by atoms with Crippen LogP contribution in [0.2, 0.25) is 0 Å². The highest BCUT2D eigenvalue weighted by atomic mass is 16.5. The van der Waals surface area contributed by atoms with E-state index in [1.807, 2.05) is 0 Å². The second kappa shape index (κ2) is 6.21. The number of aliphatic carboxylic acids is 1. The molecule has 0 saturated carbocycles. The van der Waals surface area contributed by atoms with Crippen molar-refractivity contribution in [1.29, 1.82) is 0 Å². The highest BCUT2D eigenvalue weighted by Crippen LogP contribution is 2.22. The van der Waals surface area contributed by atoms with Gasteiger partial charge in [-0.15, -0.1) is 0 Å². The molecule has 1 unspecified atom stereocenters. The predicted molar refractivity (Wildman–Crippen MR) is 62.5 cm³/mol. The molecule has 1 aliphatic rings. The van der Waals surface area contributed by atoms with Crippen molar-refractivity contribution in [2.45, 2.75) is 57.5 Å². The van der Waals surface area contributed by atoms with E-state index in [-0.39, 0.29) is 6.04 Å². The predicted octanol–water partition coefficient (Wildman–Crippen LogP) is 1.79. The Morgan fingerprint density at radius 3 is 2.62 bits per heavy atom. The molecule has 0 bridgehead atoms. The zero-order valence-electron chi connectivity index (χ0n) is 10.3. The molecule has 94 valence electrons. The van der Waals surface area contributed by atoms with Crippen molar-refractivity contribution in [3.63, 3.8) is 0 Å². The Kier molecular flexibility index (Phi) is 5.22. The summed E-state index contributed by atoms with van der Waals surface area (Å²) in [5, 5.41) is 12.6. The fourth-order valence-corrected chi connectivity index (χ4v) is 2.19. The number of ether oxygens (including phenoxy) is 1. The number of nitrogens with one attached hydrogen (secondary N) is 1. The Hall–Kier alpha value is -0.610. The van der Waals surface area contributed by atoms with Gasteiger partial charge in [0.15, 0.2) is 0 Å². The quantitative estimate of drug-likeness (QED) is 0.729. The molecule has 0 spiro atoms. The summed E-state index contributed by atoms with van der Waals surface area (Å²) >= 11 is 0. The molecule has 16 heavy (non-hydrogen) atoms. The normalized spacial score (nSPS) is 21.6. The smallest absolute Gasteiger partial charge is 0.324 e. The lowest BCUT2D eigenvalue weighted by Crippen LogP contribution is -2.58. The summed E-state index contributed by atoms with van der Waals surface area (Å²) in [5.74, 6) is -0.737. The van der Waals surface area contributed by atoms with Gasteiger partial charge in [0.25, 0.3) is 0 Å². The summed E-state index contributed by atoms with van der Waals surface area (Å²) in [5.41, 5.74) is -0.759. The van der Waals surface area contributed by atoms with E-state index in [0.29, 0.717) is 26.1 Å². The van der Waals surface area contributed by atoms with Crippen LogP contribution in [0.25, 0.3) is 0 Å². The van der Waals surface area contributed by atoms with Gasteiger partial charge in [-0.25, -0.2) is 0 Å². The van der Waals surface area contributed by atoms with Gasteiger partial charge in [0, 0.05) is 19.3 Å². The van der Waals surface area contributed by atoms with Crippen molar-refractivity contribution in [3.8, 4) is 0 Å². The van der Waals surface area contributed by atoms with E-state index < -0.39 is 11.5 Å². The number of hydrogen-bond donors (Lipinski definition) is 2. The van der Waals surface area contributed by atoms with Crippen molar-refractivity contribution in [2.75, 3.05) is 13.2 Å². The summed E-state index contributed by atoms with van der Waals surface area (Å²) in [6, 6.07) is 0.258. The third kappa shape index (κ3) is 3.46. The fraction of sp³-hybridized carbons (Fsp3) is 0.917. The lowest BCUT2D eigenvalue weighted by atomic mass is 9.89. The molecule has 4 heteroatoms. The Morgan fingerprint density at radius 2 is 2.12 bits per heavy atom. The van der Waals surface area contributed by atoms with Crippen LogP contribution in [0.3, 0.4) is 0 Å². The van der Waals surface area contributed by atoms with Crippen molar-refractivity contribution in [3.05, 3.63) is 0 Å². The maximum atomic E-state index is 11.4. The first kappa shape index (κ1) is 13.5. The van der Waals surface area contributed by atoms with Gasteiger partial charge >= 0.3 is 5.97 Å². The van der Waals surface area contributed by atoms with Gasteiger partial charge in [-0.05, 0) is 26.2 Å². The molecule has 0 amide bonds. The first-order valence-corrected chi connectivity index (χ1v) is 6.19. The van der Waals surface area contributed by atoms with Crippen molar-refractivity contribution in [1.82, 2.24) is 5.32 Å². The van der Waals surface area contributed by atoms with E-state index in [1.54, 1.807) is 0 Å². The number of carboxylic acid groups (broad SMARTS) is 1. The molecule has 1 fully saturated rings. The molecule has 1 atom stereocenters. The van der Waals surface area contributed by atoms with Gasteiger partial charge in [0.05, 0.1) is 0 Å². The van der Waals surface area contributed by atoms with Crippen LogP contribution in [0.1, 0.15) is 46.0 Å². The number of rotatable bonds is 6. The number of hydrogen-bond acceptors (Lipinski definition) is 3. The minimum absolute atomic E-state index is 0.258. The van der Waals surface area contributed by atoms with E-state index in [1.165, 1.54) is 0 Å². The molecule has 1 aliphatic heterocycles. The number of carbonyl (C=O) groups is 1. The third-order valence-corrected chi connectivity index (χ3v) is 3.27. The summed E-state index contributed by atoms with van der Waals surface area (Å²) < 4.78 is 5.23. The van der Waals surface area contributed by atoms with Crippen LogP contribution in [-0.2, 0) is 9.53 Å². The van der Waals surface area contributed by atoms with E-state index in [9.17, 15) is 9.90 Å². The number of unbranched alkanes of at least 4 members (excludes halogenated alkanes) is 1. The SMILES string of the molecule is CCCCC(C)NC1(C(=O)O)CCOCC1. The molecule has 1 saturated heterocycles. The Morgan fingerprint density at radius 1 is 1.50 bits per heavy atom. The zero-order chi connectivity index (χ0) is 12.0. The van der Waals surface area contributed by atoms with E-state index in [2.05, 4.69) is 19.2 Å². The van der Waals surface area contributed by atoms with Gasteiger partial charge in [-0.1, -0.05) is 19.8 Å². The Labute approximate surface area is 97.4 Å². The van der Waals surface area contributed by atoms with E-state index in [0.717, 1.165) is 19.3 Å². The summed E-state index contributed by atoms with van der Waals surface area (Å²) in [6.07, 6.45) is 4.46. The van der Waals surface area contributed by atoms with Crippen molar-refractivity contribution >= 4 is 5.97 Å². The molecule has 4 nitrogen and oxygen atoms in total. The zero-order valence-corrected chi connectivity index (χ0v) is 10.3. The van der Waals surface area contributed by atoms with Crippen LogP contribution in [0.5, 0.6) is 0 Å². The van der Waals surface area contributed by atoms with Gasteiger partial charge < -0.3 is 9.84 Å². The minimum Gasteiger partial charge on any atom is -0.480 e. The Balaban J connectivity index is 2.53. The standard InChI is InChI=1S/C12H23NO3/c1-3-4-5-10(2)13-12(11(14)15)6-8-16-9-7-12/h10,13H,3-9H2,1-2H3,(H,14,15). The van der Waals surface area contributed by atoms with Crippen LogP contribution in [0.4, 0.5) is 0 Å². The van der Waals surface area contributed by atoms with Crippen LogP contribution in [0.15, 0.2) is 0 Å². The summed E-state index contributed by atoms with van der Waals surface area (Å²) in [4.78, 5) is 11.4. The molecule has 0 radical (unpaired) electrons. The molecular weight excluding hydrogens is 206 g/mol. The van der Waals surface area contributed by atoms with Gasteiger partial charge in [0.2, 0.25) is 0 Å². The first-order chi connectivity index (χ1) is 7.60. The maximum absolute atomic E-state index is 11.4. The third-order valence-electron chi connectivity index (χ3n) is 3.27. The average Bonchev–Trinajstić information content (AvgIpc) is 2.27. The fourth-order valence-electron chi connectivity index (χ4n) is 2.19. The highest BCUT2D eigenvalue weighted by molar-refractivity contribution is 5.79. The minimum atomic E-state index is -0.759. The van der Waals surface area contributed by atoms with E-state index >= 15 is 0 Å². The van der Waals surface area contributed by atoms with Crippen molar-refractivity contribution < 1.29 is 14.6 Å². The second-order valence-corrected chi connectivity index (χ2v) is 4.69. The molecule has 0 aromatic heterocycles. The van der Waals surface area contributed by atoms with Crippen LogP contribution < -0.4 is 5.32 Å². The number of carboxylic acids is 1. The van der Waals surface area contributed by atoms with Gasteiger partial charge in [0.1, 0.15) is 5.54 Å².